The zero-order chi connectivity index (χ0) is 12.5. The van der Waals surface area contributed by atoms with Crippen molar-refractivity contribution < 1.29 is 9.90 Å². The fourth-order valence-electron chi connectivity index (χ4n) is 1.58. The molecule has 1 heterocycles. The van der Waals surface area contributed by atoms with E-state index in [1.165, 1.54) is 6.07 Å². The minimum atomic E-state index is -0.444. The van der Waals surface area contributed by atoms with E-state index in [-0.39, 0.29) is 18.2 Å². The van der Waals surface area contributed by atoms with E-state index in [2.05, 4.69) is 10.3 Å². The fraction of sp³-hybridized carbons (Fsp3) is 0.417. The summed E-state index contributed by atoms with van der Waals surface area (Å²) >= 11 is 0. The first-order chi connectivity index (χ1) is 8.10. The second-order valence-electron chi connectivity index (χ2n) is 4.33. The zero-order valence-corrected chi connectivity index (χ0v) is 9.53. The smallest absolute Gasteiger partial charge is 0.270 e. The van der Waals surface area contributed by atoms with Crippen LogP contribution in [0.5, 0.6) is 0 Å². The van der Waals surface area contributed by atoms with E-state index in [0.717, 1.165) is 12.8 Å². The highest BCUT2D eigenvalue weighted by molar-refractivity contribution is 5.93. The summed E-state index contributed by atoms with van der Waals surface area (Å²) in [5.74, 6) is -0.302. The third-order valence-corrected chi connectivity index (χ3v) is 2.97. The third kappa shape index (κ3) is 2.27. The van der Waals surface area contributed by atoms with Gasteiger partial charge in [-0.2, -0.15) is 5.26 Å². The number of carbonyl (C=O) groups is 1. The summed E-state index contributed by atoms with van der Waals surface area (Å²) in [5, 5.41) is 20.6. The molecule has 0 unspecified atom stereocenters. The Hall–Kier alpha value is -1.93. The number of aryl methyl sites for hydroxylation is 1. The molecule has 17 heavy (non-hydrogen) atoms. The number of aromatic nitrogens is 1. The molecule has 1 aromatic heterocycles. The topological polar surface area (TPSA) is 86.0 Å². The molecule has 5 heteroatoms. The second-order valence-corrected chi connectivity index (χ2v) is 4.33. The largest absolute Gasteiger partial charge is 0.394 e. The van der Waals surface area contributed by atoms with Gasteiger partial charge in [0, 0.05) is 0 Å². The van der Waals surface area contributed by atoms with Gasteiger partial charge in [-0.3, -0.25) is 4.79 Å². The van der Waals surface area contributed by atoms with E-state index in [1.807, 2.05) is 6.07 Å². The summed E-state index contributed by atoms with van der Waals surface area (Å²) in [6.07, 6.45) is 1.59. The van der Waals surface area contributed by atoms with Crippen LogP contribution in [0.25, 0.3) is 0 Å². The van der Waals surface area contributed by atoms with Crippen LogP contribution in [0.1, 0.15) is 34.6 Å². The Morgan fingerprint density at radius 1 is 1.65 bits per heavy atom. The minimum Gasteiger partial charge on any atom is -0.394 e. The minimum absolute atomic E-state index is 0.0476. The number of carbonyl (C=O) groups excluding carboxylic acids is 1. The Morgan fingerprint density at radius 2 is 2.35 bits per heavy atom. The molecule has 1 aliphatic carbocycles. The van der Waals surface area contributed by atoms with E-state index in [4.69, 9.17) is 10.4 Å². The van der Waals surface area contributed by atoms with Gasteiger partial charge in [0.2, 0.25) is 0 Å². The lowest BCUT2D eigenvalue weighted by molar-refractivity contribution is 0.0901. The molecule has 1 aliphatic rings. The van der Waals surface area contributed by atoms with Gasteiger partial charge in [-0.15, -0.1) is 0 Å². The highest BCUT2D eigenvalue weighted by atomic mass is 16.3. The van der Waals surface area contributed by atoms with Gasteiger partial charge in [0.25, 0.3) is 5.91 Å². The standard InChI is InChI=1S/C12H13N3O2/c1-8-9(6-13)2-3-10(14-8)11(17)15-12(7-16)4-5-12/h2-3,16H,4-5,7H2,1H3,(H,15,17). The van der Waals surface area contributed by atoms with Gasteiger partial charge in [0.15, 0.2) is 0 Å². The van der Waals surface area contributed by atoms with Gasteiger partial charge in [-0.25, -0.2) is 4.98 Å². The van der Waals surface area contributed by atoms with E-state index in [0.29, 0.717) is 11.3 Å². The van der Waals surface area contributed by atoms with Crippen molar-refractivity contribution in [1.82, 2.24) is 10.3 Å². The van der Waals surface area contributed by atoms with Crippen LogP contribution in [0.3, 0.4) is 0 Å². The lowest BCUT2D eigenvalue weighted by Crippen LogP contribution is -2.40. The van der Waals surface area contributed by atoms with Crippen molar-refractivity contribution in [2.24, 2.45) is 0 Å². The van der Waals surface area contributed by atoms with Gasteiger partial charge < -0.3 is 10.4 Å². The van der Waals surface area contributed by atoms with Crippen molar-refractivity contribution in [2.75, 3.05) is 6.61 Å². The summed E-state index contributed by atoms with van der Waals surface area (Å²) in [6.45, 7) is 1.64. The average Bonchev–Trinajstić information content (AvgIpc) is 3.09. The van der Waals surface area contributed by atoms with Crippen LogP contribution in [0.4, 0.5) is 0 Å². The molecule has 0 aromatic carbocycles. The Bertz CT molecular complexity index is 501. The molecule has 2 N–H and O–H groups in total. The Kier molecular flexibility index (Phi) is 2.82. The molecule has 1 amide bonds. The Labute approximate surface area is 99.1 Å². The quantitative estimate of drug-likeness (QED) is 0.793. The summed E-state index contributed by atoms with van der Waals surface area (Å²) in [5.41, 5.74) is 0.834. The monoisotopic (exact) mass is 231 g/mol. The number of amides is 1. The maximum Gasteiger partial charge on any atom is 0.270 e. The summed E-state index contributed by atoms with van der Waals surface area (Å²) in [6, 6.07) is 5.10. The summed E-state index contributed by atoms with van der Waals surface area (Å²) < 4.78 is 0. The first-order valence-electron chi connectivity index (χ1n) is 5.41. The predicted molar refractivity (Wildman–Crippen MR) is 60.2 cm³/mol. The molecular formula is C12H13N3O2. The molecule has 0 spiro atoms. The number of nitrogens with one attached hydrogen (secondary N) is 1. The second kappa shape index (κ2) is 4.15. The molecular weight excluding hydrogens is 218 g/mol. The highest BCUT2D eigenvalue weighted by Gasteiger charge is 2.43. The van der Waals surface area contributed by atoms with Crippen LogP contribution in [0, 0.1) is 18.3 Å². The zero-order valence-electron chi connectivity index (χ0n) is 9.53. The number of hydrogen-bond acceptors (Lipinski definition) is 4. The van der Waals surface area contributed by atoms with Crippen LogP contribution in [-0.2, 0) is 0 Å². The molecule has 0 bridgehead atoms. The number of nitriles is 1. The van der Waals surface area contributed by atoms with Crippen molar-refractivity contribution in [3.63, 3.8) is 0 Å². The van der Waals surface area contributed by atoms with Crippen LogP contribution < -0.4 is 5.32 Å². The molecule has 88 valence electrons. The lowest BCUT2D eigenvalue weighted by Gasteiger charge is -2.13. The van der Waals surface area contributed by atoms with E-state index < -0.39 is 5.54 Å². The summed E-state index contributed by atoms with van der Waals surface area (Å²) in [7, 11) is 0. The maximum atomic E-state index is 11.8. The SMILES string of the molecule is Cc1nc(C(=O)NC2(CO)CC2)ccc1C#N. The highest BCUT2D eigenvalue weighted by Crippen LogP contribution is 2.34. The number of pyridine rings is 1. The van der Waals surface area contributed by atoms with Crippen molar-refractivity contribution in [2.45, 2.75) is 25.3 Å². The molecule has 2 rings (SSSR count). The van der Waals surface area contributed by atoms with E-state index in [9.17, 15) is 4.79 Å². The molecule has 0 radical (unpaired) electrons. The van der Waals surface area contributed by atoms with E-state index in [1.54, 1.807) is 13.0 Å². The van der Waals surface area contributed by atoms with Crippen molar-refractivity contribution in [1.29, 1.82) is 5.26 Å². The fourth-order valence-corrected chi connectivity index (χ4v) is 1.58. The first-order valence-corrected chi connectivity index (χ1v) is 5.41. The maximum absolute atomic E-state index is 11.8. The molecule has 0 saturated heterocycles. The molecule has 5 nitrogen and oxygen atoms in total. The van der Waals surface area contributed by atoms with Crippen LogP contribution in [0.2, 0.25) is 0 Å². The number of aliphatic hydroxyl groups excluding tert-OH is 1. The van der Waals surface area contributed by atoms with Crippen molar-refractivity contribution in [3.8, 4) is 6.07 Å². The predicted octanol–water partition coefficient (Wildman–Crippen LogP) is 0.516. The Balaban J connectivity index is 2.15. The number of rotatable bonds is 3. The molecule has 1 saturated carbocycles. The van der Waals surface area contributed by atoms with Crippen LogP contribution >= 0.6 is 0 Å². The van der Waals surface area contributed by atoms with Gasteiger partial charge in [0.05, 0.1) is 23.4 Å². The van der Waals surface area contributed by atoms with Crippen molar-refractivity contribution in [3.05, 3.63) is 29.1 Å². The Morgan fingerprint density at radius 3 is 2.82 bits per heavy atom. The molecule has 1 aromatic rings. The average molecular weight is 231 g/mol. The summed E-state index contributed by atoms with van der Waals surface area (Å²) in [4.78, 5) is 15.9. The van der Waals surface area contributed by atoms with E-state index >= 15 is 0 Å². The lowest BCUT2D eigenvalue weighted by atomic mass is 10.2. The number of aliphatic hydroxyl groups is 1. The third-order valence-electron chi connectivity index (χ3n) is 2.97. The van der Waals surface area contributed by atoms with Gasteiger partial charge in [-0.05, 0) is 31.9 Å². The molecule has 1 fully saturated rings. The molecule has 0 aliphatic heterocycles. The van der Waals surface area contributed by atoms with Crippen molar-refractivity contribution >= 4 is 5.91 Å². The van der Waals surface area contributed by atoms with Crippen LogP contribution in [-0.4, -0.2) is 28.1 Å². The number of nitrogens with zero attached hydrogens (tertiary/aromatic N) is 2. The normalized spacial score (nSPS) is 16.1. The van der Waals surface area contributed by atoms with Gasteiger partial charge in [-0.1, -0.05) is 0 Å². The van der Waals surface area contributed by atoms with Crippen LogP contribution in [0.15, 0.2) is 12.1 Å². The van der Waals surface area contributed by atoms with Gasteiger partial charge >= 0.3 is 0 Å². The van der Waals surface area contributed by atoms with Gasteiger partial charge in [0.1, 0.15) is 11.8 Å². The first kappa shape index (κ1) is 11.6. The number of hydrogen-bond donors (Lipinski definition) is 2. The molecule has 0 atom stereocenters.